The number of aromatic nitrogens is 1. The third kappa shape index (κ3) is 4.20. The fraction of sp³-hybridized carbons (Fsp3) is 0.0400. The Morgan fingerprint density at radius 3 is 2.84 bits per heavy atom. The maximum atomic E-state index is 13.5. The summed E-state index contributed by atoms with van der Waals surface area (Å²) in [6, 6.07) is 21.7. The van der Waals surface area contributed by atoms with Crippen LogP contribution in [0.15, 0.2) is 93.0 Å². The molecule has 7 heteroatoms. The minimum absolute atomic E-state index is 0.195. The Morgan fingerprint density at radius 2 is 1.97 bits per heavy atom. The maximum absolute atomic E-state index is 13.5. The van der Waals surface area contributed by atoms with Gasteiger partial charge in [-0.15, -0.1) is 0 Å². The van der Waals surface area contributed by atoms with E-state index in [-0.39, 0.29) is 11.6 Å². The lowest BCUT2D eigenvalue weighted by molar-refractivity contribution is 0.0929. The van der Waals surface area contributed by atoms with Crippen LogP contribution >= 0.6 is 15.9 Å². The van der Waals surface area contributed by atoms with E-state index in [4.69, 9.17) is 4.42 Å². The summed E-state index contributed by atoms with van der Waals surface area (Å²) in [4.78, 5) is 12.3. The minimum atomic E-state index is -0.420. The summed E-state index contributed by atoms with van der Waals surface area (Å²) in [7, 11) is 0. The fourth-order valence-corrected chi connectivity index (χ4v) is 3.99. The molecule has 3 aromatic carbocycles. The number of hydrazone groups is 1. The molecule has 0 spiro atoms. The van der Waals surface area contributed by atoms with Gasteiger partial charge in [-0.2, -0.15) is 5.10 Å². The standard InChI is InChI=1S/C25H17BrFN3O2/c26-20-5-7-23-19(12-20)13-24(32-23)25(31)29-28-14-16-4-6-22-18(10-16)8-9-30(22)15-17-2-1-3-21(27)11-17/h1-14H,15H2,(H,29,31)/b28-14-. The van der Waals surface area contributed by atoms with Crippen molar-refractivity contribution < 1.29 is 13.6 Å². The van der Waals surface area contributed by atoms with Crippen LogP contribution in [0.1, 0.15) is 21.7 Å². The van der Waals surface area contributed by atoms with Gasteiger partial charge in [-0.05, 0) is 65.7 Å². The quantitative estimate of drug-likeness (QED) is 0.239. The van der Waals surface area contributed by atoms with Crippen molar-refractivity contribution in [3.05, 3.63) is 106 Å². The molecule has 0 unspecified atom stereocenters. The lowest BCUT2D eigenvalue weighted by atomic mass is 10.1. The highest BCUT2D eigenvalue weighted by atomic mass is 79.9. The van der Waals surface area contributed by atoms with Gasteiger partial charge in [-0.3, -0.25) is 4.79 Å². The largest absolute Gasteiger partial charge is 0.451 e. The van der Waals surface area contributed by atoms with Crippen molar-refractivity contribution in [2.45, 2.75) is 6.54 Å². The second-order valence-electron chi connectivity index (χ2n) is 7.38. The highest BCUT2D eigenvalue weighted by Crippen LogP contribution is 2.23. The monoisotopic (exact) mass is 489 g/mol. The second kappa shape index (κ2) is 8.43. The van der Waals surface area contributed by atoms with Crippen LogP contribution in [0.2, 0.25) is 0 Å². The molecule has 0 aliphatic heterocycles. The highest BCUT2D eigenvalue weighted by Gasteiger charge is 2.11. The summed E-state index contributed by atoms with van der Waals surface area (Å²) in [5.41, 5.74) is 5.90. The summed E-state index contributed by atoms with van der Waals surface area (Å²) in [5, 5.41) is 5.92. The number of benzene rings is 3. The Bertz CT molecular complexity index is 1490. The van der Waals surface area contributed by atoms with E-state index in [0.29, 0.717) is 12.1 Å². The van der Waals surface area contributed by atoms with Crippen molar-refractivity contribution in [2.75, 3.05) is 0 Å². The van der Waals surface area contributed by atoms with E-state index in [0.717, 1.165) is 31.9 Å². The topological polar surface area (TPSA) is 59.5 Å². The van der Waals surface area contributed by atoms with E-state index in [1.807, 2.05) is 48.7 Å². The molecule has 1 N–H and O–H groups in total. The third-order valence-corrected chi connectivity index (χ3v) is 5.61. The zero-order valence-electron chi connectivity index (χ0n) is 16.8. The van der Waals surface area contributed by atoms with Crippen LogP contribution in [0.5, 0.6) is 0 Å². The molecule has 2 aromatic heterocycles. The summed E-state index contributed by atoms with van der Waals surface area (Å²) < 4.78 is 22.0. The van der Waals surface area contributed by atoms with Gasteiger partial charge in [0.25, 0.3) is 0 Å². The van der Waals surface area contributed by atoms with Gasteiger partial charge < -0.3 is 8.98 Å². The molecule has 32 heavy (non-hydrogen) atoms. The molecule has 158 valence electrons. The number of hydrogen-bond donors (Lipinski definition) is 1. The lowest BCUT2D eigenvalue weighted by Crippen LogP contribution is -2.16. The average Bonchev–Trinajstić information content (AvgIpc) is 3.37. The predicted molar refractivity (Wildman–Crippen MR) is 126 cm³/mol. The molecule has 5 aromatic rings. The molecule has 0 saturated carbocycles. The van der Waals surface area contributed by atoms with Crippen molar-refractivity contribution in [1.29, 1.82) is 0 Å². The number of halogens is 2. The average molecular weight is 490 g/mol. The summed E-state index contributed by atoms with van der Waals surface area (Å²) in [5.74, 6) is -0.467. The first-order chi connectivity index (χ1) is 15.5. The summed E-state index contributed by atoms with van der Waals surface area (Å²) in [6.45, 7) is 0.582. The second-order valence-corrected chi connectivity index (χ2v) is 8.30. The van der Waals surface area contributed by atoms with E-state index >= 15 is 0 Å². The van der Waals surface area contributed by atoms with E-state index in [1.54, 1.807) is 24.4 Å². The molecule has 5 rings (SSSR count). The number of rotatable bonds is 5. The smallest absolute Gasteiger partial charge is 0.307 e. The van der Waals surface area contributed by atoms with Crippen molar-refractivity contribution in [2.24, 2.45) is 5.10 Å². The van der Waals surface area contributed by atoms with E-state index in [9.17, 15) is 9.18 Å². The van der Waals surface area contributed by atoms with Crippen LogP contribution in [-0.2, 0) is 6.54 Å². The van der Waals surface area contributed by atoms with Crippen molar-refractivity contribution >= 4 is 49.9 Å². The molecular formula is C25H17BrFN3O2. The minimum Gasteiger partial charge on any atom is -0.451 e. The molecule has 0 aliphatic rings. The summed E-state index contributed by atoms with van der Waals surface area (Å²) in [6.07, 6.45) is 3.55. The first-order valence-electron chi connectivity index (χ1n) is 9.91. The molecule has 5 nitrogen and oxygen atoms in total. The van der Waals surface area contributed by atoms with E-state index in [2.05, 4.69) is 31.0 Å². The lowest BCUT2D eigenvalue weighted by Gasteiger charge is -2.06. The summed E-state index contributed by atoms with van der Waals surface area (Å²) >= 11 is 3.40. The number of nitrogens with zero attached hydrogens (tertiary/aromatic N) is 2. The van der Waals surface area contributed by atoms with Gasteiger partial charge in [0.2, 0.25) is 0 Å². The zero-order chi connectivity index (χ0) is 22.1. The number of nitrogens with one attached hydrogen (secondary N) is 1. The van der Waals surface area contributed by atoms with Crippen LogP contribution in [0.25, 0.3) is 21.9 Å². The van der Waals surface area contributed by atoms with Gasteiger partial charge in [-0.1, -0.05) is 34.1 Å². The fourth-order valence-electron chi connectivity index (χ4n) is 3.62. The molecule has 1 amide bonds. The Balaban J connectivity index is 1.29. The van der Waals surface area contributed by atoms with E-state index < -0.39 is 5.91 Å². The molecule has 0 bridgehead atoms. The van der Waals surface area contributed by atoms with Crippen molar-refractivity contribution in [3.8, 4) is 0 Å². The number of fused-ring (bicyclic) bond motifs is 2. The molecule has 0 radical (unpaired) electrons. The van der Waals surface area contributed by atoms with Gasteiger partial charge in [0.15, 0.2) is 5.76 Å². The van der Waals surface area contributed by atoms with Crippen LogP contribution in [0.4, 0.5) is 4.39 Å². The zero-order valence-corrected chi connectivity index (χ0v) is 18.3. The number of hydrogen-bond acceptors (Lipinski definition) is 3. The Kier molecular flexibility index (Phi) is 5.33. The number of furan rings is 1. The van der Waals surface area contributed by atoms with Crippen molar-refractivity contribution in [3.63, 3.8) is 0 Å². The van der Waals surface area contributed by atoms with Crippen LogP contribution in [0.3, 0.4) is 0 Å². The molecule has 0 atom stereocenters. The molecule has 0 aliphatic carbocycles. The van der Waals surface area contributed by atoms with Gasteiger partial charge in [0, 0.05) is 33.5 Å². The number of carbonyl (C=O) groups is 1. The van der Waals surface area contributed by atoms with Crippen LogP contribution < -0.4 is 5.43 Å². The Labute approximate surface area is 191 Å². The maximum Gasteiger partial charge on any atom is 0.307 e. The first kappa shape index (κ1) is 20.2. The highest BCUT2D eigenvalue weighted by molar-refractivity contribution is 9.10. The first-order valence-corrected chi connectivity index (χ1v) is 10.7. The van der Waals surface area contributed by atoms with Gasteiger partial charge in [0.05, 0.1) is 6.21 Å². The molecule has 0 saturated heterocycles. The molecular weight excluding hydrogens is 473 g/mol. The number of amides is 1. The normalized spacial score (nSPS) is 11.6. The Morgan fingerprint density at radius 1 is 1.06 bits per heavy atom. The SMILES string of the molecule is O=C(N/N=C\c1ccc2c(ccn2Cc2cccc(F)c2)c1)c1cc2cc(Br)ccc2o1. The van der Waals surface area contributed by atoms with Gasteiger partial charge in [-0.25, -0.2) is 9.82 Å². The molecule has 0 fully saturated rings. The predicted octanol–water partition coefficient (Wildman–Crippen LogP) is 6.10. The van der Waals surface area contributed by atoms with Gasteiger partial charge in [0.1, 0.15) is 11.4 Å². The number of carbonyl (C=O) groups excluding carboxylic acids is 1. The van der Waals surface area contributed by atoms with Gasteiger partial charge >= 0.3 is 5.91 Å². The van der Waals surface area contributed by atoms with E-state index in [1.165, 1.54) is 12.1 Å². The Hall–Kier alpha value is -3.71. The van der Waals surface area contributed by atoms with Crippen LogP contribution in [0, 0.1) is 5.82 Å². The van der Waals surface area contributed by atoms with Crippen LogP contribution in [-0.4, -0.2) is 16.7 Å². The third-order valence-electron chi connectivity index (χ3n) is 5.12. The molecule has 2 heterocycles. The van der Waals surface area contributed by atoms with Crippen molar-refractivity contribution in [1.82, 2.24) is 9.99 Å².